The van der Waals surface area contributed by atoms with E-state index in [0.717, 1.165) is 36.6 Å². The number of benzene rings is 2. The molecule has 0 saturated heterocycles. The maximum atomic E-state index is 15.3. The van der Waals surface area contributed by atoms with Crippen molar-refractivity contribution in [2.75, 3.05) is 0 Å². The smallest absolute Gasteiger partial charge is 0.355 e. The number of rotatable bonds is 6. The molecule has 0 amide bonds. The maximum absolute atomic E-state index is 15.3. The van der Waals surface area contributed by atoms with E-state index in [0.29, 0.717) is 27.6 Å². The Bertz CT molecular complexity index is 1640. The molecule has 0 bridgehead atoms. The number of hydrogen-bond donors (Lipinski definition) is 1. The van der Waals surface area contributed by atoms with Gasteiger partial charge in [-0.2, -0.15) is 8.78 Å². The zero-order valence-electron chi connectivity index (χ0n) is 20.3. The van der Waals surface area contributed by atoms with Crippen LogP contribution in [-0.2, 0) is 12.5 Å². The van der Waals surface area contributed by atoms with Gasteiger partial charge in [0.2, 0.25) is 11.7 Å². The van der Waals surface area contributed by atoms with Crippen LogP contribution in [0.3, 0.4) is 0 Å². The Morgan fingerprint density at radius 2 is 1.97 bits per heavy atom. The van der Waals surface area contributed by atoms with E-state index >= 15 is 8.78 Å². The first-order valence-electron chi connectivity index (χ1n) is 12.0. The summed E-state index contributed by atoms with van der Waals surface area (Å²) in [5.74, 6) is -6.95. The molecular formula is C28H19ClF2N2O6. The number of ketones is 1. The quantitative estimate of drug-likeness (QED) is 0.274. The monoisotopic (exact) mass is 552 g/mol. The van der Waals surface area contributed by atoms with Crippen LogP contribution in [0.1, 0.15) is 62.1 Å². The highest BCUT2D eigenvalue weighted by atomic mass is 35.5. The van der Waals surface area contributed by atoms with E-state index in [-0.39, 0.29) is 29.7 Å². The lowest BCUT2D eigenvalue weighted by atomic mass is 10.0. The number of halogens is 3. The number of Topliss-reactive ketones (excluding diaryl/α,β-unsaturated/α-hetero) is 1. The first-order valence-corrected chi connectivity index (χ1v) is 12.4. The highest BCUT2D eigenvalue weighted by molar-refractivity contribution is 6.33. The molecule has 11 heteroatoms. The number of carboxylic acid groups (broad SMARTS) is 1. The molecule has 2 aromatic heterocycles. The molecule has 1 aliphatic heterocycles. The molecule has 0 radical (unpaired) electrons. The molecule has 1 aliphatic carbocycles. The van der Waals surface area contributed by atoms with Crippen molar-refractivity contribution in [3.8, 4) is 28.6 Å². The highest BCUT2D eigenvalue weighted by Crippen LogP contribution is 2.47. The fourth-order valence-electron chi connectivity index (χ4n) is 4.54. The predicted octanol–water partition coefficient (Wildman–Crippen LogP) is 6.93. The fourth-order valence-corrected chi connectivity index (χ4v) is 4.85. The van der Waals surface area contributed by atoms with Gasteiger partial charge in [-0.3, -0.25) is 4.79 Å². The van der Waals surface area contributed by atoms with Crippen LogP contribution >= 0.6 is 11.6 Å². The van der Waals surface area contributed by atoms with E-state index < -0.39 is 34.7 Å². The molecule has 0 atom stereocenters. The molecule has 1 fully saturated rings. The summed E-state index contributed by atoms with van der Waals surface area (Å²) in [5.41, 5.74) is 1.10. The van der Waals surface area contributed by atoms with Crippen LogP contribution < -0.4 is 9.47 Å². The second kappa shape index (κ2) is 9.16. The zero-order valence-corrected chi connectivity index (χ0v) is 21.1. The number of aromatic nitrogens is 2. The largest absolute Gasteiger partial charge is 0.478 e. The molecule has 198 valence electrons. The van der Waals surface area contributed by atoms with Crippen molar-refractivity contribution < 1.29 is 37.5 Å². The Morgan fingerprint density at radius 1 is 1.18 bits per heavy atom. The summed E-state index contributed by atoms with van der Waals surface area (Å²) < 4.78 is 47.7. The van der Waals surface area contributed by atoms with Gasteiger partial charge in [0, 0.05) is 17.5 Å². The van der Waals surface area contributed by atoms with Gasteiger partial charge >= 0.3 is 11.9 Å². The van der Waals surface area contributed by atoms with Gasteiger partial charge in [-0.15, -0.1) is 0 Å². The lowest BCUT2D eigenvalue weighted by molar-refractivity contribution is 0.00437. The molecule has 39 heavy (non-hydrogen) atoms. The molecule has 0 spiro atoms. The van der Waals surface area contributed by atoms with Gasteiger partial charge < -0.3 is 19.1 Å². The first-order chi connectivity index (χ1) is 18.6. The average Bonchev–Trinajstić information content (AvgIpc) is 3.68. The molecule has 1 saturated carbocycles. The lowest BCUT2D eigenvalue weighted by Gasteiger charge is -2.15. The van der Waals surface area contributed by atoms with Crippen molar-refractivity contribution in [1.82, 2.24) is 10.1 Å². The Kier molecular flexibility index (Phi) is 5.87. The van der Waals surface area contributed by atoms with Crippen molar-refractivity contribution in [1.29, 1.82) is 0 Å². The summed E-state index contributed by atoms with van der Waals surface area (Å²) in [5, 5.41) is 14.0. The molecule has 3 heterocycles. The number of nitrogens with zero attached hydrogens (tertiary/aromatic N) is 2. The summed E-state index contributed by atoms with van der Waals surface area (Å²) in [7, 11) is 0. The number of alkyl halides is 2. The van der Waals surface area contributed by atoms with Crippen molar-refractivity contribution in [2.24, 2.45) is 0 Å². The number of hydrogen-bond acceptors (Lipinski definition) is 7. The molecule has 2 aliphatic rings. The SMILES string of the molecule is Cc1cccc(Cl)c1-c1noc(C2CC2)c1COc1ccc2c(n1)C(F)(F)C(=O)c1ccc(C(=O)O)cc1O2. The summed E-state index contributed by atoms with van der Waals surface area (Å²) in [6, 6.07) is 11.1. The van der Waals surface area contributed by atoms with Gasteiger partial charge in [0.15, 0.2) is 11.4 Å². The van der Waals surface area contributed by atoms with Gasteiger partial charge in [0.05, 0.1) is 21.7 Å². The highest BCUT2D eigenvalue weighted by Gasteiger charge is 2.49. The van der Waals surface area contributed by atoms with Crippen molar-refractivity contribution >= 4 is 23.4 Å². The van der Waals surface area contributed by atoms with E-state index in [2.05, 4.69) is 10.1 Å². The van der Waals surface area contributed by atoms with Crippen LogP contribution in [-0.4, -0.2) is 27.0 Å². The number of fused-ring (bicyclic) bond motifs is 2. The molecule has 6 rings (SSSR count). The van der Waals surface area contributed by atoms with Gasteiger partial charge in [0.1, 0.15) is 23.8 Å². The number of carboxylic acids is 1. The van der Waals surface area contributed by atoms with E-state index in [1.54, 1.807) is 6.07 Å². The van der Waals surface area contributed by atoms with Crippen LogP contribution in [0.4, 0.5) is 8.78 Å². The number of carbonyl (C=O) groups is 2. The molecule has 0 unspecified atom stereocenters. The summed E-state index contributed by atoms with van der Waals surface area (Å²) in [6.45, 7) is 1.80. The van der Waals surface area contributed by atoms with Gasteiger partial charge in [-0.05, 0) is 55.7 Å². The number of aromatic carboxylic acids is 1. The summed E-state index contributed by atoms with van der Waals surface area (Å²) in [6.07, 6.45) is 1.85. The molecule has 8 nitrogen and oxygen atoms in total. The fraction of sp³-hybridized carbons (Fsp3) is 0.214. The minimum absolute atomic E-state index is 0.0936. The molecule has 4 aromatic rings. The van der Waals surface area contributed by atoms with E-state index in [4.69, 9.17) is 25.6 Å². The van der Waals surface area contributed by atoms with E-state index in [9.17, 15) is 14.7 Å². The second-order valence-electron chi connectivity index (χ2n) is 9.39. The van der Waals surface area contributed by atoms with Crippen molar-refractivity contribution in [3.63, 3.8) is 0 Å². The van der Waals surface area contributed by atoms with E-state index in [1.807, 2.05) is 19.1 Å². The standard InChI is InChI=1S/C28H19ClF2N2O6/c1-13-3-2-4-18(29)22(13)23-17(24(39-33-23)14-5-6-14)12-37-21-10-9-19-25(32-21)28(30,31)26(34)16-8-7-15(27(35)36)11-20(16)38-19/h2-4,7-11,14H,5-6,12H2,1H3,(H,35,36). The van der Waals surface area contributed by atoms with Crippen LogP contribution in [0.15, 0.2) is 53.1 Å². The first kappa shape index (κ1) is 25.0. The minimum Gasteiger partial charge on any atom is -0.478 e. The Balaban J connectivity index is 1.35. The molecule has 1 N–H and O–H groups in total. The van der Waals surface area contributed by atoms with Crippen LogP contribution in [0.25, 0.3) is 11.3 Å². The minimum atomic E-state index is -4.05. The number of pyridine rings is 1. The van der Waals surface area contributed by atoms with Crippen LogP contribution in [0, 0.1) is 6.92 Å². The van der Waals surface area contributed by atoms with Crippen LogP contribution in [0.5, 0.6) is 17.4 Å². The topological polar surface area (TPSA) is 112 Å². The van der Waals surface area contributed by atoms with Crippen LogP contribution in [0.2, 0.25) is 5.02 Å². The normalized spacial score (nSPS) is 15.6. The predicted molar refractivity (Wildman–Crippen MR) is 134 cm³/mol. The lowest BCUT2D eigenvalue weighted by Crippen LogP contribution is -2.26. The van der Waals surface area contributed by atoms with Crippen molar-refractivity contribution in [3.05, 3.63) is 87.3 Å². The second-order valence-corrected chi connectivity index (χ2v) is 9.79. The molecule has 2 aromatic carbocycles. The van der Waals surface area contributed by atoms with Gasteiger partial charge in [-0.1, -0.05) is 28.9 Å². The number of carbonyl (C=O) groups excluding carboxylic acids is 1. The van der Waals surface area contributed by atoms with Gasteiger partial charge in [0.25, 0.3) is 0 Å². The third kappa shape index (κ3) is 4.30. The number of ether oxygens (including phenoxy) is 2. The maximum Gasteiger partial charge on any atom is 0.355 e. The zero-order chi connectivity index (χ0) is 27.5. The third-order valence-corrected chi connectivity index (χ3v) is 7.01. The Hall–Kier alpha value is -4.31. The van der Waals surface area contributed by atoms with Gasteiger partial charge in [-0.25, -0.2) is 9.78 Å². The average molecular weight is 553 g/mol. The Labute approximate surface area is 225 Å². The molecular weight excluding hydrogens is 534 g/mol. The number of aryl methyl sites for hydroxylation is 1. The summed E-state index contributed by atoms with van der Waals surface area (Å²) in [4.78, 5) is 28.0. The van der Waals surface area contributed by atoms with E-state index in [1.165, 1.54) is 12.1 Å². The Morgan fingerprint density at radius 3 is 2.69 bits per heavy atom. The van der Waals surface area contributed by atoms with Crippen molar-refractivity contribution in [2.45, 2.75) is 38.2 Å². The third-order valence-electron chi connectivity index (χ3n) is 6.70. The summed E-state index contributed by atoms with van der Waals surface area (Å²) >= 11 is 6.47.